The maximum absolute atomic E-state index is 13.0. The number of sulfonamides is 1. The first-order valence-corrected chi connectivity index (χ1v) is 11.7. The van der Waals surface area contributed by atoms with Crippen LogP contribution < -0.4 is 15.1 Å². The van der Waals surface area contributed by atoms with E-state index in [1.54, 1.807) is 18.3 Å². The van der Waals surface area contributed by atoms with E-state index >= 15 is 0 Å². The molecule has 31 heavy (non-hydrogen) atoms. The lowest BCUT2D eigenvalue weighted by atomic mass is 10.3. The molecule has 0 spiro atoms. The van der Waals surface area contributed by atoms with E-state index in [9.17, 15) is 13.2 Å². The number of anilines is 3. The number of benzene rings is 1. The average molecular weight is 447 g/mol. The summed E-state index contributed by atoms with van der Waals surface area (Å²) in [5, 5.41) is 2.64. The van der Waals surface area contributed by atoms with E-state index in [-0.39, 0.29) is 10.8 Å². The summed E-state index contributed by atoms with van der Waals surface area (Å²) >= 11 is 0. The minimum absolute atomic E-state index is 0.201. The Kier molecular flexibility index (Phi) is 6.35. The van der Waals surface area contributed by atoms with Gasteiger partial charge in [-0.3, -0.25) is 4.79 Å². The number of rotatable bonds is 5. The summed E-state index contributed by atoms with van der Waals surface area (Å²) in [6.07, 6.45) is 1.74. The van der Waals surface area contributed by atoms with Gasteiger partial charge in [0.1, 0.15) is 5.82 Å². The molecule has 0 unspecified atom stereocenters. The Bertz CT molecular complexity index is 1020. The average Bonchev–Trinajstić information content (AvgIpc) is 2.80. The molecule has 1 aromatic heterocycles. The van der Waals surface area contributed by atoms with Crippen molar-refractivity contribution in [1.82, 2.24) is 14.3 Å². The quantitative estimate of drug-likeness (QED) is 0.718. The molecule has 2 aliphatic heterocycles. The van der Waals surface area contributed by atoms with Crippen LogP contribution in [0.2, 0.25) is 0 Å². The Hall–Kier alpha value is -2.76. The third-order valence-electron chi connectivity index (χ3n) is 5.30. The van der Waals surface area contributed by atoms with Crippen molar-refractivity contribution in [2.45, 2.75) is 11.8 Å². The van der Waals surface area contributed by atoms with Crippen molar-refractivity contribution in [2.24, 2.45) is 0 Å². The van der Waals surface area contributed by atoms with E-state index < -0.39 is 10.0 Å². The van der Waals surface area contributed by atoms with Gasteiger partial charge >= 0.3 is 0 Å². The van der Waals surface area contributed by atoms with Crippen molar-refractivity contribution < 1.29 is 17.9 Å². The van der Waals surface area contributed by atoms with Crippen LogP contribution in [-0.2, 0) is 19.6 Å². The van der Waals surface area contributed by atoms with E-state index in [0.29, 0.717) is 51.0 Å². The van der Waals surface area contributed by atoms with Gasteiger partial charge in [0.15, 0.2) is 0 Å². The number of carbonyl (C=O) groups excluding carboxylic acids is 1. The van der Waals surface area contributed by atoms with Crippen LogP contribution in [-0.4, -0.2) is 81.1 Å². The van der Waals surface area contributed by atoms with E-state index in [2.05, 4.69) is 25.1 Å². The largest absolute Gasteiger partial charge is 0.378 e. The number of carbonyl (C=O) groups is 1. The molecular weight excluding hydrogens is 420 g/mol. The molecule has 2 fully saturated rings. The Morgan fingerprint density at radius 2 is 1.65 bits per heavy atom. The van der Waals surface area contributed by atoms with Crippen LogP contribution in [0.5, 0.6) is 0 Å². The smallest absolute Gasteiger partial charge is 0.243 e. The van der Waals surface area contributed by atoms with Crippen molar-refractivity contribution >= 4 is 33.4 Å². The van der Waals surface area contributed by atoms with Gasteiger partial charge in [-0.2, -0.15) is 9.29 Å². The van der Waals surface area contributed by atoms with E-state index in [0.717, 1.165) is 18.9 Å². The topological polar surface area (TPSA) is 108 Å². The second kappa shape index (κ2) is 9.16. The summed E-state index contributed by atoms with van der Waals surface area (Å²) in [7, 11) is -3.60. The third kappa shape index (κ3) is 4.94. The Labute approximate surface area is 181 Å². The van der Waals surface area contributed by atoms with Crippen molar-refractivity contribution in [3.05, 3.63) is 36.5 Å². The highest BCUT2D eigenvalue weighted by Gasteiger charge is 2.29. The molecule has 1 amide bonds. The van der Waals surface area contributed by atoms with Crippen molar-refractivity contribution in [3.63, 3.8) is 0 Å². The fraction of sp³-hybridized carbons (Fsp3) is 0.450. The minimum atomic E-state index is -3.60. The highest BCUT2D eigenvalue weighted by Crippen LogP contribution is 2.22. The van der Waals surface area contributed by atoms with Gasteiger partial charge in [-0.1, -0.05) is 0 Å². The first-order chi connectivity index (χ1) is 14.9. The van der Waals surface area contributed by atoms with Crippen LogP contribution in [0.15, 0.2) is 41.4 Å². The van der Waals surface area contributed by atoms with E-state index in [1.807, 2.05) is 6.07 Å². The summed E-state index contributed by atoms with van der Waals surface area (Å²) in [4.78, 5) is 24.6. The fourth-order valence-electron chi connectivity index (χ4n) is 3.65. The van der Waals surface area contributed by atoms with E-state index in [4.69, 9.17) is 4.74 Å². The summed E-state index contributed by atoms with van der Waals surface area (Å²) in [5.74, 6) is 1.27. The van der Waals surface area contributed by atoms with Gasteiger partial charge < -0.3 is 19.9 Å². The molecule has 0 atom stereocenters. The maximum Gasteiger partial charge on any atom is 0.243 e. The summed E-state index contributed by atoms with van der Waals surface area (Å²) in [6.45, 7) is 6.08. The molecular formula is C20H26N6O4S. The highest BCUT2D eigenvalue weighted by molar-refractivity contribution is 7.89. The van der Waals surface area contributed by atoms with Gasteiger partial charge in [0.25, 0.3) is 0 Å². The number of piperazine rings is 1. The molecule has 166 valence electrons. The maximum atomic E-state index is 13.0. The van der Waals surface area contributed by atoms with Gasteiger partial charge in [0, 0.05) is 58.1 Å². The molecule has 4 rings (SSSR count). The number of aromatic nitrogens is 2. The molecule has 3 heterocycles. The number of hydrogen-bond donors (Lipinski definition) is 1. The third-order valence-corrected chi connectivity index (χ3v) is 7.21. The van der Waals surface area contributed by atoms with Gasteiger partial charge in [-0.15, -0.1) is 0 Å². The van der Waals surface area contributed by atoms with Crippen LogP contribution in [0.1, 0.15) is 6.92 Å². The molecule has 1 N–H and O–H groups in total. The zero-order chi connectivity index (χ0) is 21.8. The van der Waals surface area contributed by atoms with Crippen LogP contribution in [0, 0.1) is 0 Å². The number of nitrogens with one attached hydrogen (secondary N) is 1. The summed E-state index contributed by atoms with van der Waals surface area (Å²) < 4.78 is 32.9. The highest BCUT2D eigenvalue weighted by atomic mass is 32.2. The van der Waals surface area contributed by atoms with Gasteiger partial charge in [0.05, 0.1) is 18.1 Å². The second-order valence-corrected chi connectivity index (χ2v) is 9.35. The standard InChI is InChI=1S/C20H26N6O4S/c1-16(27)22-17-2-4-18(5-3-17)31(28,29)26-10-8-24(9-11-26)19-6-7-21-20(23-19)25-12-14-30-15-13-25/h2-7H,8-15H2,1H3,(H,22,27). The lowest BCUT2D eigenvalue weighted by Crippen LogP contribution is -2.49. The Morgan fingerprint density at radius 1 is 0.968 bits per heavy atom. The molecule has 2 aromatic rings. The Balaban J connectivity index is 1.40. The number of ether oxygens (including phenoxy) is 1. The van der Waals surface area contributed by atoms with Crippen LogP contribution in [0.3, 0.4) is 0 Å². The van der Waals surface area contributed by atoms with Gasteiger partial charge in [-0.05, 0) is 30.3 Å². The number of amides is 1. The molecule has 0 aliphatic carbocycles. The predicted molar refractivity (Wildman–Crippen MR) is 117 cm³/mol. The molecule has 2 aliphatic rings. The van der Waals surface area contributed by atoms with Gasteiger partial charge in [-0.25, -0.2) is 13.4 Å². The number of hydrogen-bond acceptors (Lipinski definition) is 8. The predicted octanol–water partition coefficient (Wildman–Crippen LogP) is 0.783. The molecule has 0 bridgehead atoms. The zero-order valence-corrected chi connectivity index (χ0v) is 18.2. The fourth-order valence-corrected chi connectivity index (χ4v) is 5.07. The molecule has 0 radical (unpaired) electrons. The lowest BCUT2D eigenvalue weighted by molar-refractivity contribution is -0.114. The minimum Gasteiger partial charge on any atom is -0.378 e. The Morgan fingerprint density at radius 3 is 2.29 bits per heavy atom. The van der Waals surface area contributed by atoms with E-state index in [1.165, 1.54) is 23.4 Å². The zero-order valence-electron chi connectivity index (χ0n) is 17.4. The van der Waals surface area contributed by atoms with Crippen LogP contribution in [0.4, 0.5) is 17.5 Å². The first kappa shape index (κ1) is 21.5. The molecule has 10 nitrogen and oxygen atoms in total. The van der Waals surface area contributed by atoms with Crippen molar-refractivity contribution in [1.29, 1.82) is 0 Å². The van der Waals surface area contributed by atoms with Crippen molar-refractivity contribution in [3.8, 4) is 0 Å². The number of nitrogens with zero attached hydrogens (tertiary/aromatic N) is 5. The van der Waals surface area contributed by atoms with Crippen molar-refractivity contribution in [2.75, 3.05) is 67.6 Å². The summed E-state index contributed by atoms with van der Waals surface area (Å²) in [5.41, 5.74) is 0.566. The SMILES string of the molecule is CC(=O)Nc1ccc(S(=O)(=O)N2CCN(c3ccnc(N4CCOCC4)n3)CC2)cc1. The van der Waals surface area contributed by atoms with Crippen LogP contribution >= 0.6 is 0 Å². The monoisotopic (exact) mass is 446 g/mol. The van der Waals surface area contributed by atoms with Crippen LogP contribution in [0.25, 0.3) is 0 Å². The summed E-state index contributed by atoms with van der Waals surface area (Å²) in [6, 6.07) is 8.09. The molecule has 0 saturated carbocycles. The number of morpholine rings is 1. The first-order valence-electron chi connectivity index (χ1n) is 10.2. The molecule has 11 heteroatoms. The second-order valence-electron chi connectivity index (χ2n) is 7.41. The molecule has 1 aromatic carbocycles. The normalized spacial score (nSPS) is 18.1. The molecule has 2 saturated heterocycles. The van der Waals surface area contributed by atoms with Gasteiger partial charge in [0.2, 0.25) is 21.9 Å². The lowest BCUT2D eigenvalue weighted by Gasteiger charge is -2.35.